The Morgan fingerprint density at radius 2 is 2.37 bits per heavy atom. The second-order valence-corrected chi connectivity index (χ2v) is 5.71. The van der Waals surface area contributed by atoms with Crippen LogP contribution in [0.15, 0.2) is 12.2 Å². The Balaban J connectivity index is 1.93. The molecule has 0 N–H and O–H groups in total. The van der Waals surface area contributed by atoms with Gasteiger partial charge in [0.25, 0.3) is 0 Å². The van der Waals surface area contributed by atoms with Crippen molar-refractivity contribution in [3.05, 3.63) is 12.2 Å². The monoisotopic (exact) mass is 265 g/mol. The molecule has 2 fully saturated rings. The van der Waals surface area contributed by atoms with Crippen molar-refractivity contribution in [3.8, 4) is 0 Å². The average Bonchev–Trinajstić information content (AvgIpc) is 2.98. The Kier molecular flexibility index (Phi) is 2.71. The van der Waals surface area contributed by atoms with Crippen LogP contribution in [0.5, 0.6) is 0 Å². The minimum atomic E-state index is -0.608. The number of likely N-dealkylation sites (tertiary alicyclic amines) is 1. The Bertz CT molecular complexity index is 458. The van der Waals surface area contributed by atoms with Gasteiger partial charge in [-0.3, -0.25) is 9.59 Å². The molecule has 0 unspecified atom stereocenters. The molecule has 0 aliphatic carbocycles. The zero-order valence-corrected chi connectivity index (χ0v) is 11.5. The predicted octanol–water partition coefficient (Wildman–Crippen LogP) is 0.740. The van der Waals surface area contributed by atoms with Crippen molar-refractivity contribution in [2.75, 3.05) is 13.2 Å². The van der Waals surface area contributed by atoms with Gasteiger partial charge in [-0.05, 0) is 20.8 Å². The summed E-state index contributed by atoms with van der Waals surface area (Å²) in [6.45, 7) is 6.59. The highest BCUT2D eigenvalue weighted by Gasteiger charge is 2.67. The summed E-state index contributed by atoms with van der Waals surface area (Å²) in [5.74, 6) is -1.20. The highest BCUT2D eigenvalue weighted by atomic mass is 16.6. The van der Waals surface area contributed by atoms with Gasteiger partial charge in [0, 0.05) is 6.04 Å². The number of ether oxygens (including phenoxy) is 2. The number of hydrogen-bond donors (Lipinski definition) is 0. The van der Waals surface area contributed by atoms with Crippen LogP contribution >= 0.6 is 0 Å². The van der Waals surface area contributed by atoms with Gasteiger partial charge in [0.15, 0.2) is 0 Å². The van der Waals surface area contributed by atoms with Crippen LogP contribution in [0.2, 0.25) is 0 Å². The molecule has 0 aromatic heterocycles. The number of carbonyl (C=O) groups excluding carboxylic acids is 2. The predicted molar refractivity (Wildman–Crippen MR) is 67.2 cm³/mol. The molecule has 104 valence electrons. The van der Waals surface area contributed by atoms with E-state index in [9.17, 15) is 9.59 Å². The van der Waals surface area contributed by atoms with Crippen LogP contribution in [0.3, 0.4) is 0 Å². The fraction of sp³-hybridized carbons (Fsp3) is 0.714. The van der Waals surface area contributed by atoms with Crippen molar-refractivity contribution in [2.24, 2.45) is 11.8 Å². The molecule has 0 saturated carbocycles. The molecule has 2 bridgehead atoms. The second-order valence-electron chi connectivity index (χ2n) is 5.71. The molecule has 3 rings (SSSR count). The van der Waals surface area contributed by atoms with Crippen molar-refractivity contribution in [3.63, 3.8) is 0 Å². The van der Waals surface area contributed by atoms with Crippen molar-refractivity contribution in [1.29, 1.82) is 0 Å². The molecule has 0 aromatic carbocycles. The Hall–Kier alpha value is -1.36. The molecule has 3 heterocycles. The molecule has 19 heavy (non-hydrogen) atoms. The van der Waals surface area contributed by atoms with E-state index >= 15 is 0 Å². The molecule has 5 nitrogen and oxygen atoms in total. The van der Waals surface area contributed by atoms with Crippen LogP contribution < -0.4 is 0 Å². The Morgan fingerprint density at radius 3 is 3.00 bits per heavy atom. The number of amides is 1. The first-order chi connectivity index (χ1) is 9.00. The summed E-state index contributed by atoms with van der Waals surface area (Å²) in [5.41, 5.74) is -0.608. The van der Waals surface area contributed by atoms with E-state index in [0.29, 0.717) is 13.2 Å². The summed E-state index contributed by atoms with van der Waals surface area (Å²) in [6.07, 6.45) is 3.55. The van der Waals surface area contributed by atoms with E-state index in [1.165, 1.54) is 0 Å². The zero-order valence-electron chi connectivity index (χ0n) is 11.5. The van der Waals surface area contributed by atoms with Gasteiger partial charge >= 0.3 is 5.97 Å². The van der Waals surface area contributed by atoms with Crippen molar-refractivity contribution in [1.82, 2.24) is 4.90 Å². The Labute approximate surface area is 112 Å². The number of carbonyl (C=O) groups is 2. The van der Waals surface area contributed by atoms with E-state index in [-0.39, 0.29) is 24.0 Å². The fourth-order valence-electron chi connectivity index (χ4n) is 3.47. The first-order valence-electron chi connectivity index (χ1n) is 6.84. The summed E-state index contributed by atoms with van der Waals surface area (Å²) in [6, 6.07) is 0.117. The summed E-state index contributed by atoms with van der Waals surface area (Å²) in [4.78, 5) is 26.4. The van der Waals surface area contributed by atoms with Crippen molar-refractivity contribution in [2.45, 2.75) is 38.5 Å². The highest BCUT2D eigenvalue weighted by molar-refractivity contribution is 5.91. The maximum atomic E-state index is 12.5. The number of fused-ring (bicyclic) bond motifs is 1. The smallest absolute Gasteiger partial charge is 0.312 e. The number of rotatable bonds is 3. The Morgan fingerprint density at radius 1 is 1.63 bits per heavy atom. The second kappa shape index (κ2) is 4.07. The molecule has 3 aliphatic rings. The maximum Gasteiger partial charge on any atom is 0.312 e. The molecular weight excluding hydrogens is 246 g/mol. The fourth-order valence-corrected chi connectivity index (χ4v) is 3.47. The van der Waals surface area contributed by atoms with Gasteiger partial charge in [0.05, 0.1) is 25.2 Å². The van der Waals surface area contributed by atoms with Crippen molar-refractivity contribution >= 4 is 11.9 Å². The molecule has 1 amide bonds. The third-order valence-corrected chi connectivity index (χ3v) is 4.31. The van der Waals surface area contributed by atoms with E-state index in [2.05, 4.69) is 0 Å². The summed E-state index contributed by atoms with van der Waals surface area (Å²) >= 11 is 0. The van der Waals surface area contributed by atoms with Gasteiger partial charge in [-0.2, -0.15) is 0 Å². The standard InChI is InChI=1S/C14H19NO4/c1-4-18-13(17)10-9-5-6-14(19-9)7-15(8(2)3)12(16)11(10)14/h5-6,8-11H,4,7H2,1-3H3/t9-,10+,11+,14-/m0/s1. The van der Waals surface area contributed by atoms with Gasteiger partial charge in [0.1, 0.15) is 11.5 Å². The summed E-state index contributed by atoms with van der Waals surface area (Å²) < 4.78 is 11.0. The van der Waals surface area contributed by atoms with Crippen LogP contribution in [0.4, 0.5) is 0 Å². The molecule has 1 spiro atoms. The maximum absolute atomic E-state index is 12.5. The largest absolute Gasteiger partial charge is 0.466 e. The molecule has 3 aliphatic heterocycles. The number of nitrogens with zero attached hydrogens (tertiary/aromatic N) is 1. The lowest BCUT2D eigenvalue weighted by molar-refractivity contribution is -0.153. The lowest BCUT2D eigenvalue weighted by Crippen LogP contribution is -2.40. The van der Waals surface area contributed by atoms with Crippen LogP contribution in [0, 0.1) is 11.8 Å². The quantitative estimate of drug-likeness (QED) is 0.558. The van der Waals surface area contributed by atoms with E-state index in [4.69, 9.17) is 9.47 Å². The van der Waals surface area contributed by atoms with Gasteiger partial charge in [-0.15, -0.1) is 0 Å². The SMILES string of the molecule is CCOC(=O)[C@@H]1[C@@H]2C=C[C@@]3(CN(C(C)C)C(=O)[C@@H]13)O2. The zero-order chi connectivity index (χ0) is 13.8. The first-order valence-corrected chi connectivity index (χ1v) is 6.84. The minimum Gasteiger partial charge on any atom is -0.466 e. The van der Waals surface area contributed by atoms with E-state index in [1.807, 2.05) is 26.0 Å². The molecule has 4 atom stereocenters. The minimum absolute atomic E-state index is 0.0138. The van der Waals surface area contributed by atoms with E-state index in [1.54, 1.807) is 11.8 Å². The lowest BCUT2D eigenvalue weighted by Gasteiger charge is -2.24. The van der Waals surface area contributed by atoms with Crippen molar-refractivity contribution < 1.29 is 19.1 Å². The summed E-state index contributed by atoms with van der Waals surface area (Å²) in [7, 11) is 0. The average molecular weight is 265 g/mol. The van der Waals surface area contributed by atoms with Gasteiger partial charge in [-0.1, -0.05) is 12.2 Å². The molecule has 0 radical (unpaired) electrons. The van der Waals surface area contributed by atoms with Crippen LogP contribution in [-0.4, -0.2) is 47.7 Å². The topological polar surface area (TPSA) is 55.8 Å². The molecule has 5 heteroatoms. The first kappa shape index (κ1) is 12.7. The molecule has 0 aromatic rings. The normalized spacial score (nSPS) is 39.3. The van der Waals surface area contributed by atoms with Crippen LogP contribution in [0.25, 0.3) is 0 Å². The van der Waals surface area contributed by atoms with Gasteiger partial charge in [0.2, 0.25) is 5.91 Å². The molecule has 2 saturated heterocycles. The number of hydrogen-bond acceptors (Lipinski definition) is 4. The van der Waals surface area contributed by atoms with Gasteiger partial charge < -0.3 is 14.4 Å². The number of esters is 1. The third-order valence-electron chi connectivity index (χ3n) is 4.31. The van der Waals surface area contributed by atoms with Gasteiger partial charge in [-0.25, -0.2) is 0 Å². The van der Waals surface area contributed by atoms with E-state index in [0.717, 1.165) is 0 Å². The third kappa shape index (κ3) is 1.57. The lowest BCUT2D eigenvalue weighted by atomic mass is 9.77. The summed E-state index contributed by atoms with van der Waals surface area (Å²) in [5, 5.41) is 0. The molecular formula is C14H19NO4. The van der Waals surface area contributed by atoms with E-state index < -0.39 is 17.4 Å². The van der Waals surface area contributed by atoms with Crippen LogP contribution in [0.1, 0.15) is 20.8 Å². The van der Waals surface area contributed by atoms with Crippen LogP contribution in [-0.2, 0) is 19.1 Å². The highest BCUT2D eigenvalue weighted by Crippen LogP contribution is 2.52.